The van der Waals surface area contributed by atoms with Gasteiger partial charge in [-0.1, -0.05) is 6.07 Å². The Morgan fingerprint density at radius 3 is 2.35 bits per heavy atom. The zero-order chi connectivity index (χ0) is 15.3. The average molecular weight is 278 g/mol. The first-order chi connectivity index (χ1) is 9.34. The Bertz CT molecular complexity index is 449. The van der Waals surface area contributed by atoms with Crippen molar-refractivity contribution in [3.63, 3.8) is 0 Å². The normalized spacial score (nSPS) is 11.3. The summed E-state index contributed by atoms with van der Waals surface area (Å²) in [5.41, 5.74) is 12.9. The number of benzene rings is 1. The van der Waals surface area contributed by atoms with Gasteiger partial charge in [-0.05, 0) is 39.8 Å². The van der Waals surface area contributed by atoms with Gasteiger partial charge >= 0.3 is 0 Å². The van der Waals surface area contributed by atoms with Gasteiger partial charge < -0.3 is 16.8 Å². The molecule has 0 aliphatic rings. The van der Waals surface area contributed by atoms with Crippen LogP contribution >= 0.6 is 0 Å². The number of nitrogens with two attached hydrogens (primary N) is 2. The van der Waals surface area contributed by atoms with Crippen LogP contribution in [-0.4, -0.2) is 36.0 Å². The van der Waals surface area contributed by atoms with Crippen molar-refractivity contribution in [2.75, 3.05) is 24.1 Å². The number of anilines is 2. The summed E-state index contributed by atoms with van der Waals surface area (Å²) < 4.78 is 0. The molecule has 0 aromatic heterocycles. The largest absolute Gasteiger partial charge is 0.397 e. The van der Waals surface area contributed by atoms with Gasteiger partial charge in [-0.15, -0.1) is 0 Å². The van der Waals surface area contributed by atoms with Crippen LogP contribution in [0.1, 0.15) is 38.1 Å². The molecule has 0 aliphatic carbocycles. The summed E-state index contributed by atoms with van der Waals surface area (Å²) in [5.74, 6) is -0.468. The Hall–Kier alpha value is -1.75. The predicted molar refractivity (Wildman–Crippen MR) is 84.8 cm³/mol. The van der Waals surface area contributed by atoms with Crippen molar-refractivity contribution < 1.29 is 4.79 Å². The molecule has 112 valence electrons. The van der Waals surface area contributed by atoms with Gasteiger partial charge in [0.1, 0.15) is 0 Å². The van der Waals surface area contributed by atoms with Crippen LogP contribution in [0.25, 0.3) is 0 Å². The maximum atomic E-state index is 11.4. The number of para-hydroxylation sites is 1. The molecule has 1 rings (SSSR count). The summed E-state index contributed by atoms with van der Waals surface area (Å²) >= 11 is 0. The quantitative estimate of drug-likeness (QED) is 0.665. The van der Waals surface area contributed by atoms with Crippen LogP contribution in [0.15, 0.2) is 18.2 Å². The minimum Gasteiger partial charge on any atom is -0.397 e. The third-order valence-corrected chi connectivity index (χ3v) is 3.36. The molecule has 0 heterocycles. The summed E-state index contributed by atoms with van der Waals surface area (Å²) in [7, 11) is 0. The third kappa shape index (κ3) is 4.13. The molecule has 1 aromatic carbocycles. The lowest BCUT2D eigenvalue weighted by Gasteiger charge is -2.30. The van der Waals surface area contributed by atoms with Crippen molar-refractivity contribution in [2.45, 2.75) is 39.8 Å². The Morgan fingerprint density at radius 1 is 1.25 bits per heavy atom. The van der Waals surface area contributed by atoms with E-state index < -0.39 is 5.91 Å². The smallest absolute Gasteiger partial charge is 0.250 e. The van der Waals surface area contributed by atoms with Gasteiger partial charge in [-0.3, -0.25) is 9.69 Å². The van der Waals surface area contributed by atoms with Crippen molar-refractivity contribution in [3.8, 4) is 0 Å². The Labute approximate surface area is 121 Å². The lowest BCUT2D eigenvalue weighted by atomic mass is 10.1. The molecule has 5 N–H and O–H groups in total. The lowest BCUT2D eigenvalue weighted by molar-refractivity contribution is 0.100. The number of hydrogen-bond acceptors (Lipinski definition) is 4. The maximum Gasteiger partial charge on any atom is 0.250 e. The highest BCUT2D eigenvalue weighted by Gasteiger charge is 2.14. The SMILES string of the molecule is CC(C)N(CCNc1c(N)cccc1C(N)=O)C(C)C. The van der Waals surface area contributed by atoms with Gasteiger partial charge in [0.25, 0.3) is 5.91 Å². The van der Waals surface area contributed by atoms with Gasteiger partial charge in [0.05, 0.1) is 16.9 Å². The minimum absolute atomic E-state index is 0.436. The van der Waals surface area contributed by atoms with Crippen LogP contribution in [0.3, 0.4) is 0 Å². The van der Waals surface area contributed by atoms with E-state index in [-0.39, 0.29) is 0 Å². The second-order valence-electron chi connectivity index (χ2n) is 5.49. The van der Waals surface area contributed by atoms with Crippen LogP contribution in [0.5, 0.6) is 0 Å². The van der Waals surface area contributed by atoms with E-state index in [4.69, 9.17) is 11.5 Å². The van der Waals surface area contributed by atoms with E-state index >= 15 is 0 Å². The first-order valence-corrected chi connectivity index (χ1v) is 7.02. The summed E-state index contributed by atoms with van der Waals surface area (Å²) in [4.78, 5) is 13.8. The Kier molecular flexibility index (Phi) is 5.82. The van der Waals surface area contributed by atoms with Gasteiger partial charge in [0, 0.05) is 25.2 Å². The van der Waals surface area contributed by atoms with Crippen molar-refractivity contribution in [1.29, 1.82) is 0 Å². The maximum absolute atomic E-state index is 11.4. The highest BCUT2D eigenvalue weighted by Crippen LogP contribution is 2.22. The molecule has 1 aromatic rings. The summed E-state index contributed by atoms with van der Waals surface area (Å²) in [6.45, 7) is 10.3. The first-order valence-electron chi connectivity index (χ1n) is 7.02. The number of primary amides is 1. The van der Waals surface area contributed by atoms with Crippen LogP contribution in [0, 0.1) is 0 Å². The fraction of sp³-hybridized carbons (Fsp3) is 0.533. The van der Waals surface area contributed by atoms with Crippen LogP contribution < -0.4 is 16.8 Å². The lowest BCUT2D eigenvalue weighted by Crippen LogP contribution is -2.40. The number of rotatable bonds is 7. The van der Waals surface area contributed by atoms with Crippen LogP contribution in [0.4, 0.5) is 11.4 Å². The van der Waals surface area contributed by atoms with E-state index in [2.05, 4.69) is 37.9 Å². The zero-order valence-electron chi connectivity index (χ0n) is 12.8. The molecule has 0 radical (unpaired) electrons. The molecule has 0 fully saturated rings. The summed E-state index contributed by atoms with van der Waals surface area (Å²) in [5, 5.41) is 3.24. The Morgan fingerprint density at radius 2 is 1.85 bits per heavy atom. The van der Waals surface area contributed by atoms with Gasteiger partial charge in [0.15, 0.2) is 0 Å². The van der Waals surface area contributed by atoms with E-state index in [9.17, 15) is 4.79 Å². The third-order valence-electron chi connectivity index (χ3n) is 3.36. The van der Waals surface area contributed by atoms with Crippen molar-refractivity contribution in [3.05, 3.63) is 23.8 Å². The molecule has 0 saturated carbocycles. The molecule has 5 nitrogen and oxygen atoms in total. The van der Waals surface area contributed by atoms with Gasteiger partial charge in [0.2, 0.25) is 0 Å². The molecule has 0 aliphatic heterocycles. The van der Waals surface area contributed by atoms with E-state index in [0.717, 1.165) is 6.54 Å². The van der Waals surface area contributed by atoms with E-state index in [0.29, 0.717) is 35.6 Å². The van der Waals surface area contributed by atoms with Crippen LogP contribution in [0.2, 0.25) is 0 Å². The van der Waals surface area contributed by atoms with Gasteiger partial charge in [-0.2, -0.15) is 0 Å². The highest BCUT2D eigenvalue weighted by atomic mass is 16.1. The minimum atomic E-state index is -0.468. The molecule has 0 spiro atoms. The number of amides is 1. The van der Waals surface area contributed by atoms with Gasteiger partial charge in [-0.25, -0.2) is 0 Å². The first kappa shape index (κ1) is 16.3. The number of hydrogen-bond donors (Lipinski definition) is 3. The number of nitrogen functional groups attached to an aromatic ring is 1. The molecule has 0 bridgehead atoms. The number of carbonyl (C=O) groups excluding carboxylic acids is 1. The summed E-state index contributed by atoms with van der Waals surface area (Å²) in [6.07, 6.45) is 0. The second-order valence-corrected chi connectivity index (χ2v) is 5.49. The standard InChI is InChI=1S/C15H26N4O/c1-10(2)19(11(3)4)9-8-18-14-12(15(17)20)6-5-7-13(14)16/h5-7,10-11,18H,8-9,16H2,1-4H3,(H2,17,20). The van der Waals surface area contributed by atoms with E-state index in [1.165, 1.54) is 0 Å². The average Bonchev–Trinajstić information content (AvgIpc) is 2.34. The van der Waals surface area contributed by atoms with Crippen molar-refractivity contribution in [2.24, 2.45) is 5.73 Å². The molecular formula is C15H26N4O. The van der Waals surface area contributed by atoms with E-state index in [1.807, 2.05) is 0 Å². The number of nitrogens with zero attached hydrogens (tertiary/aromatic N) is 1. The predicted octanol–water partition coefficient (Wildman–Crippen LogP) is 1.90. The topological polar surface area (TPSA) is 84.4 Å². The fourth-order valence-electron chi connectivity index (χ4n) is 2.40. The van der Waals surface area contributed by atoms with Crippen LogP contribution in [-0.2, 0) is 0 Å². The molecule has 0 unspecified atom stereocenters. The van der Waals surface area contributed by atoms with Crippen molar-refractivity contribution in [1.82, 2.24) is 4.90 Å². The van der Waals surface area contributed by atoms with Crippen molar-refractivity contribution >= 4 is 17.3 Å². The highest BCUT2D eigenvalue weighted by molar-refractivity contribution is 6.01. The second kappa shape index (κ2) is 7.14. The molecular weight excluding hydrogens is 252 g/mol. The zero-order valence-corrected chi connectivity index (χ0v) is 12.8. The fourth-order valence-corrected chi connectivity index (χ4v) is 2.40. The molecule has 5 heteroatoms. The molecule has 1 amide bonds. The van der Waals surface area contributed by atoms with E-state index in [1.54, 1.807) is 18.2 Å². The molecule has 20 heavy (non-hydrogen) atoms. The summed E-state index contributed by atoms with van der Waals surface area (Å²) in [6, 6.07) is 6.12. The molecule has 0 atom stereocenters. The Balaban J connectivity index is 2.73. The number of carbonyl (C=O) groups is 1. The number of nitrogens with one attached hydrogen (secondary N) is 1. The molecule has 0 saturated heterocycles. The monoisotopic (exact) mass is 278 g/mol.